The van der Waals surface area contributed by atoms with Crippen LogP contribution >= 0.6 is 0 Å². The van der Waals surface area contributed by atoms with Crippen molar-refractivity contribution in [2.45, 2.75) is 44.6 Å². The molecule has 2 aliphatic carbocycles. The highest BCUT2D eigenvalue weighted by atomic mass is 28.3. The van der Waals surface area contributed by atoms with Gasteiger partial charge in [-0.25, -0.2) is 0 Å². The molecular formula is C23H32F3N3Si. The van der Waals surface area contributed by atoms with Crippen LogP contribution in [0.15, 0.2) is 42.5 Å². The van der Waals surface area contributed by atoms with E-state index in [9.17, 15) is 13.2 Å². The molecule has 2 fully saturated rings. The summed E-state index contributed by atoms with van der Waals surface area (Å²) in [5.41, 5.74) is 2.18. The minimum absolute atomic E-state index is 0.388. The highest BCUT2D eigenvalue weighted by molar-refractivity contribution is 6.76. The van der Waals surface area contributed by atoms with Crippen molar-refractivity contribution in [1.29, 1.82) is 0 Å². The fourth-order valence-corrected chi connectivity index (χ4v) is 10.2. The van der Waals surface area contributed by atoms with Gasteiger partial charge in [-0.15, -0.1) is 0 Å². The van der Waals surface area contributed by atoms with Crippen molar-refractivity contribution in [1.82, 2.24) is 15.2 Å². The van der Waals surface area contributed by atoms with Gasteiger partial charge in [0, 0.05) is 20.0 Å². The molecule has 1 aromatic carbocycles. The van der Waals surface area contributed by atoms with Crippen molar-refractivity contribution < 1.29 is 13.2 Å². The molecule has 0 spiro atoms. The number of nitrogens with one attached hydrogen (secondary N) is 2. The Balaban J connectivity index is 1.62. The molecule has 1 aromatic rings. The summed E-state index contributed by atoms with van der Waals surface area (Å²) in [5, 5.41) is 6.90. The summed E-state index contributed by atoms with van der Waals surface area (Å²) >= 11 is 0. The van der Waals surface area contributed by atoms with Crippen molar-refractivity contribution in [2.24, 2.45) is 17.8 Å². The molecule has 1 aliphatic heterocycles. The Labute approximate surface area is 178 Å². The predicted octanol–water partition coefficient (Wildman–Crippen LogP) is 5.26. The van der Waals surface area contributed by atoms with Gasteiger partial charge in [0.2, 0.25) is 0 Å². The van der Waals surface area contributed by atoms with Crippen molar-refractivity contribution in [2.75, 3.05) is 20.0 Å². The van der Waals surface area contributed by atoms with Gasteiger partial charge in [0.05, 0.1) is 5.56 Å². The largest absolute Gasteiger partial charge is 0.416 e. The molecule has 164 valence electrons. The highest BCUT2D eigenvalue weighted by Gasteiger charge is 2.53. The normalized spacial score (nSPS) is 30.3. The van der Waals surface area contributed by atoms with E-state index in [0.717, 1.165) is 38.4 Å². The second-order valence-corrected chi connectivity index (χ2v) is 14.0. The van der Waals surface area contributed by atoms with Gasteiger partial charge in [-0.3, -0.25) is 15.2 Å². The zero-order valence-corrected chi connectivity index (χ0v) is 19.0. The Morgan fingerprint density at radius 2 is 1.77 bits per heavy atom. The molecule has 0 amide bonds. The number of benzene rings is 1. The third kappa shape index (κ3) is 3.93. The first kappa shape index (κ1) is 21.8. The fraction of sp³-hybridized carbons (Fsp3) is 0.565. The average molecular weight is 436 g/mol. The molecule has 0 radical (unpaired) electrons. The van der Waals surface area contributed by atoms with E-state index in [4.69, 9.17) is 0 Å². The van der Waals surface area contributed by atoms with Crippen LogP contribution in [0, 0.1) is 17.8 Å². The lowest BCUT2D eigenvalue weighted by molar-refractivity contribution is -0.137. The van der Waals surface area contributed by atoms with E-state index in [0.29, 0.717) is 23.3 Å². The summed E-state index contributed by atoms with van der Waals surface area (Å²) in [7, 11) is -1.74. The highest BCUT2D eigenvalue weighted by Crippen LogP contribution is 2.58. The third-order valence-corrected chi connectivity index (χ3v) is 11.9. The minimum atomic E-state index is -4.29. The van der Waals surface area contributed by atoms with Crippen molar-refractivity contribution in [3.63, 3.8) is 0 Å². The molecule has 30 heavy (non-hydrogen) atoms. The lowest BCUT2D eigenvalue weighted by Gasteiger charge is -2.47. The van der Waals surface area contributed by atoms with E-state index >= 15 is 0 Å². The molecule has 1 saturated carbocycles. The third-order valence-electron chi connectivity index (χ3n) is 7.51. The van der Waals surface area contributed by atoms with E-state index in [1.165, 1.54) is 17.7 Å². The smallest absolute Gasteiger partial charge is 0.299 e. The van der Waals surface area contributed by atoms with Crippen LogP contribution in [-0.2, 0) is 6.18 Å². The maximum Gasteiger partial charge on any atom is 0.416 e. The fourth-order valence-electron chi connectivity index (χ4n) is 5.97. The summed E-state index contributed by atoms with van der Waals surface area (Å²) in [5.74, 6) is 1.49. The number of rotatable bonds is 4. The Morgan fingerprint density at radius 1 is 1.10 bits per heavy atom. The lowest BCUT2D eigenvalue weighted by atomic mass is 9.81. The number of allylic oxidation sites excluding steroid dienone is 4. The van der Waals surface area contributed by atoms with Gasteiger partial charge in [-0.2, -0.15) is 13.2 Å². The number of halogens is 3. The standard InChI is InChI=1S/C23H32F3N3Si/c1-4-16-12-21-19(17-8-10-18(11-9-17)23(24,25)26)6-5-7-20(21)22(16)30(2,3)29-14-27-13-28-15-29/h5-11,16,20-22,27-28H,4,12-15H2,1-3H3. The second-order valence-electron chi connectivity index (χ2n) is 9.38. The van der Waals surface area contributed by atoms with Crippen LogP contribution in [0.4, 0.5) is 13.2 Å². The summed E-state index contributed by atoms with van der Waals surface area (Å²) in [4.78, 5) is 0. The van der Waals surface area contributed by atoms with Crippen LogP contribution in [0.5, 0.6) is 0 Å². The molecule has 1 saturated heterocycles. The molecule has 4 rings (SSSR count). The van der Waals surface area contributed by atoms with Crippen molar-refractivity contribution in [3.05, 3.63) is 53.6 Å². The Hall–Kier alpha value is -1.41. The topological polar surface area (TPSA) is 27.3 Å². The number of hydrogen-bond donors (Lipinski definition) is 2. The summed E-state index contributed by atoms with van der Waals surface area (Å²) < 4.78 is 41.6. The molecule has 0 aromatic heterocycles. The Bertz CT molecular complexity index is 810. The molecule has 2 N–H and O–H groups in total. The number of nitrogens with zero attached hydrogens (tertiary/aromatic N) is 1. The average Bonchev–Trinajstić information content (AvgIpc) is 3.13. The molecule has 4 unspecified atom stereocenters. The molecule has 0 bridgehead atoms. The van der Waals surface area contributed by atoms with E-state index in [2.05, 4.69) is 53.4 Å². The van der Waals surface area contributed by atoms with Crippen LogP contribution in [0.25, 0.3) is 5.57 Å². The van der Waals surface area contributed by atoms with Crippen LogP contribution in [0.1, 0.15) is 30.9 Å². The van der Waals surface area contributed by atoms with Gasteiger partial charge >= 0.3 is 6.18 Å². The second kappa shape index (κ2) is 8.26. The lowest BCUT2D eigenvalue weighted by Crippen LogP contribution is -2.63. The predicted molar refractivity (Wildman–Crippen MR) is 118 cm³/mol. The minimum Gasteiger partial charge on any atom is -0.299 e. The van der Waals surface area contributed by atoms with E-state index in [-0.39, 0.29) is 0 Å². The summed E-state index contributed by atoms with van der Waals surface area (Å²) in [6.45, 7) is 9.99. The van der Waals surface area contributed by atoms with E-state index in [1.54, 1.807) is 12.1 Å². The van der Waals surface area contributed by atoms with Gasteiger partial charge in [0.1, 0.15) is 8.24 Å². The van der Waals surface area contributed by atoms with Crippen LogP contribution in [0.2, 0.25) is 18.6 Å². The monoisotopic (exact) mass is 435 g/mol. The maximum atomic E-state index is 13.0. The zero-order valence-electron chi connectivity index (χ0n) is 18.0. The van der Waals surface area contributed by atoms with Gasteiger partial charge in [-0.05, 0) is 53.0 Å². The molecule has 1 heterocycles. The zero-order chi connectivity index (χ0) is 21.5. The van der Waals surface area contributed by atoms with E-state index < -0.39 is 20.0 Å². The molecule has 3 aliphatic rings. The first-order valence-corrected chi connectivity index (χ1v) is 14.0. The summed E-state index contributed by atoms with van der Waals surface area (Å²) in [6.07, 6.45) is 4.61. The molecule has 7 heteroatoms. The quantitative estimate of drug-likeness (QED) is 0.632. The maximum absolute atomic E-state index is 13.0. The Kier molecular flexibility index (Phi) is 6.00. The van der Waals surface area contributed by atoms with Gasteiger partial charge in [0.25, 0.3) is 0 Å². The Morgan fingerprint density at radius 3 is 2.37 bits per heavy atom. The number of hydrogen-bond acceptors (Lipinski definition) is 3. The molecule has 3 nitrogen and oxygen atoms in total. The van der Waals surface area contributed by atoms with Crippen LogP contribution in [0.3, 0.4) is 0 Å². The van der Waals surface area contributed by atoms with Crippen LogP contribution < -0.4 is 10.6 Å². The first-order chi connectivity index (χ1) is 14.2. The SMILES string of the molecule is CCC1CC2C(c3ccc(C(F)(F)F)cc3)=CC=CC2C1[Si](C)(C)N1CNCNC1. The first-order valence-electron chi connectivity index (χ1n) is 11.0. The van der Waals surface area contributed by atoms with Gasteiger partial charge in [-0.1, -0.05) is 56.8 Å². The van der Waals surface area contributed by atoms with Gasteiger partial charge in [0.15, 0.2) is 0 Å². The summed E-state index contributed by atoms with van der Waals surface area (Å²) in [6, 6.07) is 5.74. The van der Waals surface area contributed by atoms with E-state index in [1.807, 2.05) is 0 Å². The molecule has 4 atom stereocenters. The van der Waals surface area contributed by atoms with Crippen LogP contribution in [-0.4, -0.2) is 32.8 Å². The van der Waals surface area contributed by atoms with Crippen molar-refractivity contribution >= 4 is 13.8 Å². The van der Waals surface area contributed by atoms with Crippen molar-refractivity contribution in [3.8, 4) is 0 Å². The van der Waals surface area contributed by atoms with Gasteiger partial charge < -0.3 is 0 Å². The number of alkyl halides is 3. The number of fused-ring (bicyclic) bond motifs is 1. The molecular weight excluding hydrogens is 403 g/mol.